The van der Waals surface area contributed by atoms with E-state index < -0.39 is 0 Å². The Morgan fingerprint density at radius 3 is 2.67 bits per heavy atom. The lowest BCUT2D eigenvalue weighted by atomic mass is 10.2. The zero-order valence-electron chi connectivity index (χ0n) is 6.83. The Balaban J connectivity index is 2.30. The largest absolute Gasteiger partial charge is 0.369 e. The molecule has 2 N–H and O–H groups in total. The van der Waals surface area contributed by atoms with Gasteiger partial charge in [0.15, 0.2) is 0 Å². The van der Waals surface area contributed by atoms with Crippen LogP contribution in [-0.4, -0.2) is 9.55 Å². The molecule has 66 valence electrons. The van der Waals surface area contributed by atoms with Crippen LogP contribution < -0.4 is 5.73 Å². The van der Waals surface area contributed by atoms with Crippen LogP contribution in [0, 0.1) is 0 Å². The number of hydrogen-bond donors (Lipinski definition) is 1. The zero-order chi connectivity index (χ0) is 8.55. The highest BCUT2D eigenvalue weighted by Gasteiger charge is 2.20. The van der Waals surface area contributed by atoms with Crippen LogP contribution in [0.2, 0.25) is 0 Å². The molecule has 1 heterocycles. The van der Waals surface area contributed by atoms with Gasteiger partial charge in [0.25, 0.3) is 0 Å². The molecule has 0 saturated heterocycles. The van der Waals surface area contributed by atoms with Gasteiger partial charge >= 0.3 is 0 Å². The molecule has 0 radical (unpaired) electrons. The molecule has 4 heteroatoms. The molecule has 0 amide bonds. The number of nitrogen functional groups attached to an aromatic ring is 1. The van der Waals surface area contributed by atoms with E-state index in [1.165, 1.54) is 25.7 Å². The van der Waals surface area contributed by atoms with Crippen LogP contribution in [-0.2, 0) is 0 Å². The highest BCUT2D eigenvalue weighted by molar-refractivity contribution is 9.10. The van der Waals surface area contributed by atoms with Crippen LogP contribution in [0.25, 0.3) is 0 Å². The van der Waals surface area contributed by atoms with Gasteiger partial charge in [-0.1, -0.05) is 12.8 Å². The summed E-state index contributed by atoms with van der Waals surface area (Å²) in [6.45, 7) is 0. The molecule has 0 aliphatic heterocycles. The first-order chi connectivity index (χ1) is 5.79. The van der Waals surface area contributed by atoms with Crippen molar-refractivity contribution in [3.8, 4) is 0 Å². The number of rotatable bonds is 1. The molecular weight excluding hydrogens is 218 g/mol. The second-order valence-corrected chi connectivity index (χ2v) is 4.06. The number of hydrogen-bond acceptors (Lipinski definition) is 2. The fourth-order valence-corrected chi connectivity index (χ4v) is 2.45. The van der Waals surface area contributed by atoms with Crippen molar-refractivity contribution in [2.45, 2.75) is 31.7 Å². The summed E-state index contributed by atoms with van der Waals surface area (Å²) in [6.07, 6.45) is 6.87. The summed E-state index contributed by atoms with van der Waals surface area (Å²) in [5, 5.41) is 0. The summed E-state index contributed by atoms with van der Waals surface area (Å²) in [5.74, 6) is 0.633. The van der Waals surface area contributed by atoms with E-state index in [1.807, 2.05) is 0 Å². The van der Waals surface area contributed by atoms with E-state index in [1.54, 1.807) is 6.20 Å². The van der Waals surface area contributed by atoms with Gasteiger partial charge in [-0.25, -0.2) is 4.98 Å². The molecule has 0 atom stereocenters. The van der Waals surface area contributed by atoms with Crippen LogP contribution in [0.3, 0.4) is 0 Å². The number of nitrogens with two attached hydrogens (primary N) is 1. The van der Waals surface area contributed by atoms with Gasteiger partial charge in [0.2, 0.25) is 5.95 Å². The van der Waals surface area contributed by atoms with E-state index in [0.717, 1.165) is 4.60 Å². The predicted octanol–water partition coefficient (Wildman–Crippen LogP) is 2.34. The maximum absolute atomic E-state index is 5.74. The molecule has 1 fully saturated rings. The number of halogens is 1. The average Bonchev–Trinajstić information content (AvgIpc) is 2.61. The van der Waals surface area contributed by atoms with Crippen molar-refractivity contribution in [3.05, 3.63) is 10.8 Å². The van der Waals surface area contributed by atoms with Crippen LogP contribution in [0.1, 0.15) is 31.7 Å². The summed E-state index contributed by atoms with van der Waals surface area (Å²) >= 11 is 3.45. The highest BCUT2D eigenvalue weighted by Crippen LogP contribution is 2.33. The minimum absolute atomic E-state index is 0.571. The van der Waals surface area contributed by atoms with Crippen molar-refractivity contribution in [1.82, 2.24) is 9.55 Å². The Labute approximate surface area is 80.1 Å². The summed E-state index contributed by atoms with van der Waals surface area (Å²) in [6, 6.07) is 0.571. The Morgan fingerprint density at radius 1 is 1.50 bits per heavy atom. The quantitative estimate of drug-likeness (QED) is 0.804. The normalized spacial score (nSPS) is 18.8. The fraction of sp³-hybridized carbons (Fsp3) is 0.625. The first-order valence-corrected chi connectivity index (χ1v) is 5.06. The number of imidazole rings is 1. The summed E-state index contributed by atoms with van der Waals surface area (Å²) in [7, 11) is 0. The molecule has 1 aromatic rings. The van der Waals surface area contributed by atoms with E-state index in [9.17, 15) is 0 Å². The van der Waals surface area contributed by atoms with E-state index in [0.29, 0.717) is 12.0 Å². The highest BCUT2D eigenvalue weighted by atomic mass is 79.9. The molecule has 3 nitrogen and oxygen atoms in total. The molecule has 0 spiro atoms. The van der Waals surface area contributed by atoms with Gasteiger partial charge in [0.05, 0.1) is 6.20 Å². The van der Waals surface area contributed by atoms with Crippen LogP contribution in [0.5, 0.6) is 0 Å². The second kappa shape index (κ2) is 3.09. The van der Waals surface area contributed by atoms with E-state index in [2.05, 4.69) is 25.5 Å². The van der Waals surface area contributed by atoms with Crippen LogP contribution >= 0.6 is 15.9 Å². The zero-order valence-corrected chi connectivity index (χ0v) is 8.42. The SMILES string of the molecule is Nc1ncc(Br)n1C1CCCC1. The molecule has 1 aromatic heterocycles. The summed E-state index contributed by atoms with van der Waals surface area (Å²) in [4.78, 5) is 4.05. The standard InChI is InChI=1S/C8H12BrN3/c9-7-5-11-8(10)12(7)6-3-1-2-4-6/h5-6H,1-4H2,(H2,10,11). The van der Waals surface area contributed by atoms with Gasteiger partial charge in [-0.15, -0.1) is 0 Å². The number of aromatic nitrogens is 2. The van der Waals surface area contributed by atoms with Crippen molar-refractivity contribution in [2.75, 3.05) is 5.73 Å². The van der Waals surface area contributed by atoms with Crippen molar-refractivity contribution in [2.24, 2.45) is 0 Å². The average molecular weight is 230 g/mol. The lowest BCUT2D eigenvalue weighted by Crippen LogP contribution is -2.08. The molecule has 1 aliphatic carbocycles. The van der Waals surface area contributed by atoms with Crippen molar-refractivity contribution < 1.29 is 0 Å². The molecular formula is C8H12BrN3. The molecule has 2 rings (SSSR count). The third-order valence-electron chi connectivity index (χ3n) is 2.47. The molecule has 0 aromatic carbocycles. The second-order valence-electron chi connectivity index (χ2n) is 3.25. The number of anilines is 1. The smallest absolute Gasteiger partial charge is 0.201 e. The van der Waals surface area contributed by atoms with Crippen LogP contribution in [0.4, 0.5) is 5.95 Å². The van der Waals surface area contributed by atoms with E-state index in [-0.39, 0.29) is 0 Å². The number of nitrogens with zero attached hydrogens (tertiary/aromatic N) is 2. The molecule has 0 bridgehead atoms. The molecule has 1 saturated carbocycles. The monoisotopic (exact) mass is 229 g/mol. The minimum Gasteiger partial charge on any atom is -0.369 e. The van der Waals surface area contributed by atoms with Gasteiger partial charge in [-0.2, -0.15) is 0 Å². The molecule has 12 heavy (non-hydrogen) atoms. The maximum Gasteiger partial charge on any atom is 0.201 e. The molecule has 0 unspecified atom stereocenters. The molecule has 1 aliphatic rings. The summed E-state index contributed by atoms with van der Waals surface area (Å²) < 4.78 is 3.10. The van der Waals surface area contributed by atoms with E-state index in [4.69, 9.17) is 5.73 Å². The maximum atomic E-state index is 5.74. The van der Waals surface area contributed by atoms with Gasteiger partial charge in [0, 0.05) is 6.04 Å². The Bertz CT molecular complexity index is 256. The Kier molecular flexibility index (Phi) is 2.09. The van der Waals surface area contributed by atoms with Gasteiger partial charge in [0.1, 0.15) is 4.60 Å². The van der Waals surface area contributed by atoms with Gasteiger partial charge in [-0.3, -0.25) is 0 Å². The topological polar surface area (TPSA) is 43.8 Å². The predicted molar refractivity (Wildman–Crippen MR) is 51.8 cm³/mol. The summed E-state index contributed by atoms with van der Waals surface area (Å²) in [5.41, 5.74) is 5.74. The Morgan fingerprint density at radius 2 is 2.17 bits per heavy atom. The van der Waals surface area contributed by atoms with Crippen molar-refractivity contribution in [1.29, 1.82) is 0 Å². The third-order valence-corrected chi connectivity index (χ3v) is 3.06. The third kappa shape index (κ3) is 1.24. The van der Waals surface area contributed by atoms with E-state index >= 15 is 0 Å². The Hall–Kier alpha value is -0.510. The first kappa shape index (κ1) is 8.10. The van der Waals surface area contributed by atoms with Crippen LogP contribution in [0.15, 0.2) is 10.8 Å². The lowest BCUT2D eigenvalue weighted by molar-refractivity contribution is 0.517. The van der Waals surface area contributed by atoms with Gasteiger partial charge in [-0.05, 0) is 28.8 Å². The van der Waals surface area contributed by atoms with Crippen molar-refractivity contribution in [3.63, 3.8) is 0 Å². The first-order valence-electron chi connectivity index (χ1n) is 4.27. The van der Waals surface area contributed by atoms with Gasteiger partial charge < -0.3 is 10.3 Å². The minimum atomic E-state index is 0.571. The van der Waals surface area contributed by atoms with Crippen molar-refractivity contribution >= 4 is 21.9 Å². The lowest BCUT2D eigenvalue weighted by Gasteiger charge is -2.13. The fourth-order valence-electron chi connectivity index (χ4n) is 1.88.